The van der Waals surface area contributed by atoms with E-state index in [1.807, 2.05) is 0 Å². The zero-order chi connectivity index (χ0) is 23.6. The molecule has 0 radical (unpaired) electrons. The van der Waals surface area contributed by atoms with E-state index in [0.717, 1.165) is 18.8 Å². The fourth-order valence-electron chi connectivity index (χ4n) is 2.65. The maximum atomic E-state index is 10.3. The van der Waals surface area contributed by atoms with Crippen molar-refractivity contribution < 1.29 is 40.3 Å². The summed E-state index contributed by atoms with van der Waals surface area (Å²) in [6, 6.07) is 0. The Morgan fingerprint density at radius 1 is 0.700 bits per heavy atom. The average molecular weight is 438 g/mol. The predicted molar refractivity (Wildman–Crippen MR) is 120 cm³/mol. The largest absolute Gasteiger partial charge is 0.631 e. The van der Waals surface area contributed by atoms with Crippen LogP contribution in [-0.2, 0) is 4.79 Å². The van der Waals surface area contributed by atoms with Crippen LogP contribution in [-0.4, -0.2) is 68.1 Å². The van der Waals surface area contributed by atoms with Crippen LogP contribution in [0.2, 0.25) is 0 Å². The minimum atomic E-state index is -2.17. The van der Waals surface area contributed by atoms with Gasteiger partial charge in [0.15, 0.2) is 0 Å². The van der Waals surface area contributed by atoms with E-state index in [2.05, 4.69) is 13.8 Å². The van der Waals surface area contributed by atoms with Gasteiger partial charge >= 0.3 is 13.3 Å². The molecule has 30 heavy (non-hydrogen) atoms. The van der Waals surface area contributed by atoms with E-state index >= 15 is 0 Å². The van der Waals surface area contributed by atoms with Crippen LogP contribution in [0.15, 0.2) is 0 Å². The molecular formula is C21H47BO8. The van der Waals surface area contributed by atoms with Crippen LogP contribution in [0, 0.1) is 5.92 Å². The Morgan fingerprint density at radius 3 is 1.23 bits per heavy atom. The Labute approximate surface area is 183 Å². The van der Waals surface area contributed by atoms with Crippen molar-refractivity contribution in [3.8, 4) is 0 Å². The van der Waals surface area contributed by atoms with E-state index in [4.69, 9.17) is 35.5 Å². The van der Waals surface area contributed by atoms with Gasteiger partial charge in [0.05, 0.1) is 13.2 Å². The lowest BCUT2D eigenvalue weighted by atomic mass is 10.0. The number of aliphatic carboxylic acids is 1. The van der Waals surface area contributed by atoms with Crippen LogP contribution >= 0.6 is 0 Å². The van der Waals surface area contributed by atoms with Gasteiger partial charge in [-0.1, -0.05) is 90.9 Å². The Bertz CT molecular complexity index is 323. The zero-order valence-electron chi connectivity index (χ0n) is 19.1. The number of unbranched alkanes of at least 4 members (excludes halogenated alkanes) is 11. The summed E-state index contributed by atoms with van der Waals surface area (Å²) < 4.78 is 0. The second kappa shape index (κ2) is 28.3. The van der Waals surface area contributed by atoms with Crippen LogP contribution < -0.4 is 0 Å². The van der Waals surface area contributed by atoms with E-state index in [1.165, 1.54) is 70.6 Å². The van der Waals surface area contributed by atoms with Gasteiger partial charge in [-0.3, -0.25) is 4.79 Å². The summed E-state index contributed by atoms with van der Waals surface area (Å²) in [7, 11) is -2.17. The highest BCUT2D eigenvalue weighted by Crippen LogP contribution is 2.14. The average Bonchev–Trinajstić information content (AvgIpc) is 2.67. The van der Waals surface area contributed by atoms with Crippen molar-refractivity contribution in [3.63, 3.8) is 0 Å². The quantitative estimate of drug-likeness (QED) is 0.135. The molecule has 0 aliphatic heterocycles. The van der Waals surface area contributed by atoms with Crippen molar-refractivity contribution >= 4 is 13.3 Å². The lowest BCUT2D eigenvalue weighted by Crippen LogP contribution is -2.15. The van der Waals surface area contributed by atoms with E-state index < -0.39 is 19.4 Å². The number of carboxylic acid groups (broad SMARTS) is 1. The van der Waals surface area contributed by atoms with Crippen LogP contribution in [0.25, 0.3) is 0 Å². The minimum Gasteiger partial charge on any atom is -0.481 e. The number of hydrogen-bond donors (Lipinski definition) is 7. The molecular weight excluding hydrogens is 391 g/mol. The number of hydrogen-bond acceptors (Lipinski definition) is 7. The van der Waals surface area contributed by atoms with Gasteiger partial charge in [-0.25, -0.2) is 0 Å². The first-order valence-corrected chi connectivity index (χ1v) is 11.3. The van der Waals surface area contributed by atoms with Crippen molar-refractivity contribution in [1.82, 2.24) is 0 Å². The van der Waals surface area contributed by atoms with E-state index in [-0.39, 0.29) is 13.2 Å². The summed E-state index contributed by atoms with van der Waals surface area (Å²) in [6.45, 7) is 3.89. The lowest BCUT2D eigenvalue weighted by Gasteiger charge is -2.04. The summed E-state index contributed by atoms with van der Waals surface area (Å²) in [5.74, 6) is 0.212. The first kappa shape index (κ1) is 33.9. The highest BCUT2D eigenvalue weighted by Gasteiger charge is 1.97. The van der Waals surface area contributed by atoms with E-state index in [9.17, 15) is 4.79 Å². The predicted octanol–water partition coefficient (Wildman–Crippen LogP) is 2.47. The van der Waals surface area contributed by atoms with Crippen LogP contribution in [0.4, 0.5) is 0 Å². The Morgan fingerprint density at radius 2 is 1.00 bits per heavy atom. The van der Waals surface area contributed by atoms with Gasteiger partial charge in [0.25, 0.3) is 0 Å². The third kappa shape index (κ3) is 45.8. The fourth-order valence-corrected chi connectivity index (χ4v) is 2.65. The lowest BCUT2D eigenvalue weighted by molar-refractivity contribution is -0.137. The molecule has 0 aromatic carbocycles. The van der Waals surface area contributed by atoms with Gasteiger partial charge < -0.3 is 35.5 Å². The Kier molecular flexibility index (Phi) is 32.0. The first-order chi connectivity index (χ1) is 14.2. The van der Waals surface area contributed by atoms with Gasteiger partial charge in [0, 0.05) is 6.42 Å². The van der Waals surface area contributed by atoms with Gasteiger partial charge in [0.1, 0.15) is 6.10 Å². The molecule has 0 aliphatic rings. The second-order valence-corrected chi connectivity index (χ2v) is 7.93. The van der Waals surface area contributed by atoms with Gasteiger partial charge in [-0.15, -0.1) is 0 Å². The summed E-state index contributed by atoms with van der Waals surface area (Å²) in [4.78, 5) is 10.3. The molecule has 0 fully saturated rings. The second-order valence-electron chi connectivity index (χ2n) is 7.93. The van der Waals surface area contributed by atoms with Gasteiger partial charge in [-0.2, -0.15) is 0 Å². The smallest absolute Gasteiger partial charge is 0.481 e. The molecule has 8 nitrogen and oxygen atoms in total. The normalized spacial score (nSPS) is 10.3. The molecule has 0 spiro atoms. The molecule has 0 aromatic heterocycles. The SMILES string of the molecule is CC(C)CCCCCCCCCCCCCCC(=O)O.OB(O)O.OCC(O)CO. The third-order valence-corrected chi connectivity index (χ3v) is 4.34. The summed E-state index contributed by atoms with van der Waals surface area (Å²) in [5, 5.41) is 54.0. The monoisotopic (exact) mass is 438 g/mol. The van der Waals surface area contributed by atoms with Crippen LogP contribution in [0.5, 0.6) is 0 Å². The van der Waals surface area contributed by atoms with Crippen molar-refractivity contribution in [3.05, 3.63) is 0 Å². The molecule has 9 heteroatoms. The maximum Gasteiger partial charge on any atom is 0.631 e. The summed E-state index contributed by atoms with van der Waals surface area (Å²) >= 11 is 0. The van der Waals surface area contributed by atoms with Crippen molar-refractivity contribution in [2.24, 2.45) is 5.92 Å². The molecule has 0 bridgehead atoms. The van der Waals surface area contributed by atoms with Crippen LogP contribution in [0.1, 0.15) is 104 Å². The highest BCUT2D eigenvalue weighted by atomic mass is 16.5. The number of carboxylic acids is 1. The number of rotatable bonds is 17. The Hall–Kier alpha value is -0.705. The molecule has 0 saturated carbocycles. The zero-order valence-corrected chi connectivity index (χ0v) is 19.1. The van der Waals surface area contributed by atoms with Crippen molar-refractivity contribution in [1.29, 1.82) is 0 Å². The standard InChI is InChI=1S/C18H36O2.C3H8O3.BH3O3/c1-17(2)15-13-11-9-7-5-3-4-6-8-10-12-14-16-18(19)20;4-1-3(6)2-5;2-1(3)4/h17H,3-16H2,1-2H3,(H,19,20);3-6H,1-2H2;2-4H. The number of carbonyl (C=O) groups is 1. The third-order valence-electron chi connectivity index (χ3n) is 4.34. The molecule has 0 rings (SSSR count). The van der Waals surface area contributed by atoms with E-state index in [0.29, 0.717) is 6.42 Å². The van der Waals surface area contributed by atoms with Crippen LogP contribution in [0.3, 0.4) is 0 Å². The molecule has 0 heterocycles. The highest BCUT2D eigenvalue weighted by molar-refractivity contribution is 6.30. The first-order valence-electron chi connectivity index (χ1n) is 11.3. The van der Waals surface area contributed by atoms with Crippen molar-refractivity contribution in [2.75, 3.05) is 13.2 Å². The molecule has 0 unspecified atom stereocenters. The van der Waals surface area contributed by atoms with Gasteiger partial charge in [-0.05, 0) is 12.3 Å². The van der Waals surface area contributed by atoms with E-state index in [1.54, 1.807) is 0 Å². The number of aliphatic hydroxyl groups is 3. The summed E-state index contributed by atoms with van der Waals surface area (Å²) in [6.07, 6.45) is 16.4. The topological polar surface area (TPSA) is 159 Å². The fraction of sp³-hybridized carbons (Fsp3) is 0.952. The molecule has 0 aliphatic carbocycles. The maximum absolute atomic E-state index is 10.3. The molecule has 0 atom stereocenters. The van der Waals surface area contributed by atoms with Gasteiger partial charge in [0.2, 0.25) is 0 Å². The summed E-state index contributed by atoms with van der Waals surface area (Å²) in [5.41, 5.74) is 0. The molecule has 7 N–H and O–H groups in total. The molecule has 0 aromatic rings. The minimum absolute atomic E-state index is 0.344. The van der Waals surface area contributed by atoms with Crippen molar-refractivity contribution in [2.45, 2.75) is 110 Å². The number of aliphatic hydroxyl groups excluding tert-OH is 3. The molecule has 182 valence electrons. The molecule has 0 amide bonds. The molecule has 0 saturated heterocycles. The Balaban J connectivity index is -0.000000600.